The number of esters is 1. The van der Waals surface area contributed by atoms with Gasteiger partial charge in [0.2, 0.25) is 0 Å². The Morgan fingerprint density at radius 3 is 2.54 bits per heavy atom. The number of ether oxygens (including phenoxy) is 2. The summed E-state index contributed by atoms with van der Waals surface area (Å²) in [6, 6.07) is 4.25. The standard InChI is InChI=1S/C15H18F2N2O5/c1-9(2)7-18-15(22)19-12(20)8-23-13(21)10-4-3-5-11(6-10)24-14(16)17/h3-6,9,14H,7-8H2,1-2H3,(H2,18,19,20,22). The number of alkyl halides is 2. The van der Waals surface area contributed by atoms with Crippen LogP contribution in [0.3, 0.4) is 0 Å². The normalized spacial score (nSPS) is 10.4. The van der Waals surface area contributed by atoms with Crippen molar-refractivity contribution in [2.45, 2.75) is 20.5 Å². The fraction of sp³-hybridized carbons (Fsp3) is 0.400. The Balaban J connectivity index is 2.45. The highest BCUT2D eigenvalue weighted by Crippen LogP contribution is 2.16. The van der Waals surface area contributed by atoms with Crippen molar-refractivity contribution < 1.29 is 32.6 Å². The Kier molecular flexibility index (Phi) is 7.60. The van der Waals surface area contributed by atoms with Gasteiger partial charge >= 0.3 is 18.6 Å². The number of benzene rings is 1. The lowest BCUT2D eigenvalue weighted by molar-refractivity contribution is -0.123. The van der Waals surface area contributed by atoms with Gasteiger partial charge in [-0.2, -0.15) is 8.78 Å². The summed E-state index contributed by atoms with van der Waals surface area (Å²) in [6.45, 7) is 0.446. The van der Waals surface area contributed by atoms with E-state index in [9.17, 15) is 23.2 Å². The molecule has 7 nitrogen and oxygen atoms in total. The maximum absolute atomic E-state index is 12.1. The molecule has 1 aromatic carbocycles. The van der Waals surface area contributed by atoms with Crippen molar-refractivity contribution in [2.24, 2.45) is 5.92 Å². The van der Waals surface area contributed by atoms with E-state index in [1.54, 1.807) is 0 Å². The minimum Gasteiger partial charge on any atom is -0.452 e. The van der Waals surface area contributed by atoms with Crippen LogP contribution in [0, 0.1) is 5.92 Å². The molecule has 0 aliphatic heterocycles. The van der Waals surface area contributed by atoms with Crippen LogP contribution in [0.2, 0.25) is 0 Å². The Morgan fingerprint density at radius 2 is 1.92 bits per heavy atom. The van der Waals surface area contributed by atoms with E-state index >= 15 is 0 Å². The molecule has 0 atom stereocenters. The van der Waals surface area contributed by atoms with Crippen molar-refractivity contribution in [3.8, 4) is 5.75 Å². The SMILES string of the molecule is CC(C)CNC(=O)NC(=O)COC(=O)c1cccc(OC(F)F)c1. The van der Waals surface area contributed by atoms with E-state index in [0.29, 0.717) is 6.54 Å². The van der Waals surface area contributed by atoms with E-state index in [1.807, 2.05) is 19.2 Å². The molecule has 0 unspecified atom stereocenters. The van der Waals surface area contributed by atoms with Crippen molar-refractivity contribution >= 4 is 17.9 Å². The summed E-state index contributed by atoms with van der Waals surface area (Å²) in [5.41, 5.74) is -0.0646. The number of imide groups is 1. The second kappa shape index (κ2) is 9.43. The zero-order valence-electron chi connectivity index (χ0n) is 13.2. The largest absolute Gasteiger partial charge is 0.452 e. The van der Waals surface area contributed by atoms with Gasteiger partial charge in [-0.25, -0.2) is 9.59 Å². The average Bonchev–Trinajstić information content (AvgIpc) is 2.50. The first kappa shape index (κ1) is 19.3. The number of amides is 3. The fourth-order valence-corrected chi connectivity index (χ4v) is 1.52. The van der Waals surface area contributed by atoms with Gasteiger partial charge in [-0.1, -0.05) is 19.9 Å². The second-order valence-corrected chi connectivity index (χ2v) is 5.13. The molecule has 3 amide bonds. The smallest absolute Gasteiger partial charge is 0.387 e. The molecule has 9 heteroatoms. The first-order chi connectivity index (χ1) is 11.3. The lowest BCUT2D eigenvalue weighted by atomic mass is 10.2. The molecule has 0 aromatic heterocycles. The highest BCUT2D eigenvalue weighted by atomic mass is 19.3. The maximum atomic E-state index is 12.1. The third-order valence-corrected chi connectivity index (χ3v) is 2.55. The number of nitrogens with one attached hydrogen (secondary N) is 2. The van der Waals surface area contributed by atoms with Crippen LogP contribution >= 0.6 is 0 Å². The van der Waals surface area contributed by atoms with Crippen LogP contribution in [0.4, 0.5) is 13.6 Å². The molecule has 0 fully saturated rings. The minimum absolute atomic E-state index is 0.0646. The van der Waals surface area contributed by atoms with E-state index in [4.69, 9.17) is 4.74 Å². The van der Waals surface area contributed by atoms with Crippen molar-refractivity contribution in [1.29, 1.82) is 0 Å². The number of hydrogen-bond acceptors (Lipinski definition) is 5. The molecule has 24 heavy (non-hydrogen) atoms. The third-order valence-electron chi connectivity index (χ3n) is 2.55. The molecule has 1 aromatic rings. The minimum atomic E-state index is -3.02. The van der Waals surface area contributed by atoms with Crippen LogP contribution in [0.1, 0.15) is 24.2 Å². The summed E-state index contributed by atoms with van der Waals surface area (Å²) in [5.74, 6) is -1.72. The predicted molar refractivity (Wildman–Crippen MR) is 79.7 cm³/mol. The molecular formula is C15H18F2N2O5. The number of urea groups is 1. The third kappa shape index (κ3) is 7.52. The highest BCUT2D eigenvalue weighted by molar-refractivity contribution is 5.97. The van der Waals surface area contributed by atoms with Crippen molar-refractivity contribution in [2.75, 3.05) is 13.2 Å². The van der Waals surface area contributed by atoms with Gasteiger partial charge in [0.15, 0.2) is 6.61 Å². The quantitative estimate of drug-likeness (QED) is 0.737. The van der Waals surface area contributed by atoms with Crippen molar-refractivity contribution in [1.82, 2.24) is 10.6 Å². The van der Waals surface area contributed by atoms with E-state index in [2.05, 4.69) is 10.1 Å². The van der Waals surface area contributed by atoms with Gasteiger partial charge in [-0.05, 0) is 24.1 Å². The van der Waals surface area contributed by atoms with Crippen molar-refractivity contribution in [3.63, 3.8) is 0 Å². The first-order valence-corrected chi connectivity index (χ1v) is 7.07. The summed E-state index contributed by atoms with van der Waals surface area (Å²) < 4.78 is 33.1. The van der Waals surface area contributed by atoms with Crippen LogP contribution in [0.5, 0.6) is 5.75 Å². The summed E-state index contributed by atoms with van der Waals surface area (Å²) in [7, 11) is 0. The maximum Gasteiger partial charge on any atom is 0.387 e. The van der Waals surface area contributed by atoms with E-state index in [0.717, 1.165) is 6.07 Å². The van der Waals surface area contributed by atoms with Crippen LogP contribution in [-0.2, 0) is 9.53 Å². The molecule has 0 saturated carbocycles. The number of hydrogen-bond donors (Lipinski definition) is 2. The molecule has 1 rings (SSSR count). The zero-order valence-corrected chi connectivity index (χ0v) is 13.2. The molecule has 0 saturated heterocycles. The van der Waals surface area contributed by atoms with Gasteiger partial charge in [0, 0.05) is 6.54 Å². The lowest BCUT2D eigenvalue weighted by Crippen LogP contribution is -2.42. The van der Waals surface area contributed by atoms with Crippen molar-refractivity contribution in [3.05, 3.63) is 29.8 Å². The van der Waals surface area contributed by atoms with E-state index < -0.39 is 31.1 Å². The predicted octanol–water partition coefficient (Wildman–Crippen LogP) is 1.93. The Hall–Kier alpha value is -2.71. The van der Waals surface area contributed by atoms with Crippen LogP contribution in [-0.4, -0.2) is 37.7 Å². The molecule has 0 spiro atoms. The molecule has 0 aliphatic carbocycles. The molecule has 132 valence electrons. The first-order valence-electron chi connectivity index (χ1n) is 7.07. The number of halogens is 2. The Labute approximate surface area is 137 Å². The second-order valence-electron chi connectivity index (χ2n) is 5.13. The van der Waals surface area contributed by atoms with Gasteiger partial charge in [0.1, 0.15) is 5.75 Å². The molecule has 2 N–H and O–H groups in total. The topological polar surface area (TPSA) is 93.7 Å². The fourth-order valence-electron chi connectivity index (χ4n) is 1.52. The lowest BCUT2D eigenvalue weighted by Gasteiger charge is -2.09. The van der Waals surface area contributed by atoms with E-state index in [-0.39, 0.29) is 17.2 Å². The van der Waals surface area contributed by atoms with Gasteiger partial charge in [-0.15, -0.1) is 0 Å². The summed E-state index contributed by atoms with van der Waals surface area (Å²) in [5, 5.41) is 4.45. The molecule has 0 bridgehead atoms. The molecule has 0 radical (unpaired) electrons. The van der Waals surface area contributed by atoms with Gasteiger partial charge in [-0.3, -0.25) is 10.1 Å². The molecule has 0 heterocycles. The summed E-state index contributed by atoms with van der Waals surface area (Å²) in [4.78, 5) is 34.6. The Bertz CT molecular complexity index is 593. The number of carbonyl (C=O) groups is 3. The average molecular weight is 344 g/mol. The summed E-state index contributed by atoms with van der Waals surface area (Å²) in [6.07, 6.45) is 0. The van der Waals surface area contributed by atoms with Gasteiger partial charge in [0.25, 0.3) is 5.91 Å². The van der Waals surface area contributed by atoms with Gasteiger partial charge < -0.3 is 14.8 Å². The summed E-state index contributed by atoms with van der Waals surface area (Å²) >= 11 is 0. The van der Waals surface area contributed by atoms with Crippen LogP contribution in [0.25, 0.3) is 0 Å². The Morgan fingerprint density at radius 1 is 1.21 bits per heavy atom. The monoisotopic (exact) mass is 344 g/mol. The molecular weight excluding hydrogens is 326 g/mol. The molecule has 0 aliphatic rings. The number of carbonyl (C=O) groups excluding carboxylic acids is 3. The van der Waals surface area contributed by atoms with Crippen LogP contribution in [0.15, 0.2) is 24.3 Å². The van der Waals surface area contributed by atoms with E-state index in [1.165, 1.54) is 18.2 Å². The highest BCUT2D eigenvalue weighted by Gasteiger charge is 2.14. The van der Waals surface area contributed by atoms with Gasteiger partial charge in [0.05, 0.1) is 5.56 Å². The zero-order chi connectivity index (χ0) is 18.1. The number of rotatable bonds is 7. The van der Waals surface area contributed by atoms with Crippen LogP contribution < -0.4 is 15.4 Å².